The van der Waals surface area contributed by atoms with Crippen LogP contribution < -0.4 is 11.1 Å². The molecule has 4 nitrogen and oxygen atoms in total. The Morgan fingerprint density at radius 3 is 2.21 bits per heavy atom. The van der Waals surface area contributed by atoms with Gasteiger partial charge in [-0.15, -0.1) is 0 Å². The van der Waals surface area contributed by atoms with Gasteiger partial charge in [-0.25, -0.2) is 0 Å². The Morgan fingerprint density at radius 1 is 1.21 bits per heavy atom. The van der Waals surface area contributed by atoms with Crippen LogP contribution in [0.5, 0.6) is 0 Å². The number of hydrogen-bond acceptors (Lipinski definition) is 3. The minimum absolute atomic E-state index is 0.0116. The predicted octanol–water partition coefficient (Wildman–Crippen LogP) is 2.45. The van der Waals surface area contributed by atoms with E-state index in [-0.39, 0.29) is 17.6 Å². The molecule has 1 atom stereocenters. The standard InChI is InChI=1S/C15H22N2O2/c1-10(2)8-13(9-16)15(19)17-14-6-4-12(5-7-14)11(3)18/h4-7,10,13H,8-9,16H2,1-3H3,(H,17,19). The lowest BCUT2D eigenvalue weighted by atomic mass is 9.96. The zero-order valence-electron chi connectivity index (χ0n) is 11.8. The van der Waals surface area contributed by atoms with Crippen molar-refractivity contribution >= 4 is 17.4 Å². The lowest BCUT2D eigenvalue weighted by Gasteiger charge is -2.16. The average Bonchev–Trinajstić information content (AvgIpc) is 2.36. The van der Waals surface area contributed by atoms with E-state index in [0.29, 0.717) is 23.7 Å². The number of Topliss-reactive ketones (excluding diaryl/α,β-unsaturated/α-hetero) is 1. The van der Waals surface area contributed by atoms with E-state index in [2.05, 4.69) is 19.2 Å². The number of carbonyl (C=O) groups is 2. The third-order valence-electron chi connectivity index (χ3n) is 2.97. The molecular weight excluding hydrogens is 240 g/mol. The highest BCUT2D eigenvalue weighted by Crippen LogP contribution is 2.15. The largest absolute Gasteiger partial charge is 0.330 e. The molecule has 0 spiro atoms. The summed E-state index contributed by atoms with van der Waals surface area (Å²) < 4.78 is 0. The maximum absolute atomic E-state index is 12.0. The molecule has 1 rings (SSSR count). The van der Waals surface area contributed by atoms with Crippen LogP contribution in [0, 0.1) is 11.8 Å². The number of ketones is 1. The Bertz CT molecular complexity index is 438. The molecule has 0 aliphatic rings. The molecule has 0 saturated carbocycles. The molecule has 0 radical (unpaired) electrons. The van der Waals surface area contributed by atoms with Gasteiger partial charge in [-0.05, 0) is 43.5 Å². The quantitative estimate of drug-likeness (QED) is 0.773. The first-order chi connectivity index (χ1) is 8.93. The Morgan fingerprint density at radius 2 is 1.79 bits per heavy atom. The van der Waals surface area contributed by atoms with Crippen LogP contribution in [-0.4, -0.2) is 18.2 Å². The van der Waals surface area contributed by atoms with Crippen LogP contribution in [-0.2, 0) is 4.79 Å². The van der Waals surface area contributed by atoms with E-state index >= 15 is 0 Å². The molecule has 0 saturated heterocycles. The minimum atomic E-state index is -0.174. The summed E-state index contributed by atoms with van der Waals surface area (Å²) in [6, 6.07) is 6.88. The molecule has 0 aliphatic heterocycles. The van der Waals surface area contributed by atoms with Gasteiger partial charge in [-0.1, -0.05) is 13.8 Å². The van der Waals surface area contributed by atoms with Gasteiger partial charge < -0.3 is 11.1 Å². The van der Waals surface area contributed by atoms with E-state index in [1.165, 1.54) is 6.92 Å². The fourth-order valence-electron chi connectivity index (χ4n) is 1.91. The molecule has 1 aromatic rings. The van der Waals surface area contributed by atoms with Gasteiger partial charge in [0, 0.05) is 17.8 Å². The van der Waals surface area contributed by atoms with Gasteiger partial charge in [0.2, 0.25) is 5.91 Å². The first-order valence-electron chi connectivity index (χ1n) is 6.56. The first kappa shape index (κ1) is 15.4. The molecule has 19 heavy (non-hydrogen) atoms. The van der Waals surface area contributed by atoms with Crippen molar-refractivity contribution in [3.05, 3.63) is 29.8 Å². The summed E-state index contributed by atoms with van der Waals surface area (Å²) in [5.74, 6) is 0.205. The zero-order valence-corrected chi connectivity index (χ0v) is 11.8. The van der Waals surface area contributed by atoms with Crippen LogP contribution in [0.1, 0.15) is 37.6 Å². The molecule has 0 bridgehead atoms. The maximum Gasteiger partial charge on any atom is 0.228 e. The normalized spacial score (nSPS) is 12.3. The zero-order chi connectivity index (χ0) is 14.4. The van der Waals surface area contributed by atoms with E-state index in [9.17, 15) is 9.59 Å². The van der Waals surface area contributed by atoms with Crippen molar-refractivity contribution in [1.29, 1.82) is 0 Å². The predicted molar refractivity (Wildman–Crippen MR) is 77.1 cm³/mol. The van der Waals surface area contributed by atoms with Crippen molar-refractivity contribution in [3.8, 4) is 0 Å². The number of nitrogens with two attached hydrogens (primary N) is 1. The summed E-state index contributed by atoms with van der Waals surface area (Å²) in [4.78, 5) is 23.2. The van der Waals surface area contributed by atoms with Crippen molar-refractivity contribution in [2.45, 2.75) is 27.2 Å². The minimum Gasteiger partial charge on any atom is -0.330 e. The number of nitrogens with one attached hydrogen (secondary N) is 1. The van der Waals surface area contributed by atoms with Crippen LogP contribution >= 0.6 is 0 Å². The van der Waals surface area contributed by atoms with E-state index < -0.39 is 0 Å². The van der Waals surface area contributed by atoms with Crippen molar-refractivity contribution in [1.82, 2.24) is 0 Å². The van der Waals surface area contributed by atoms with Gasteiger partial charge in [0.1, 0.15) is 0 Å². The Labute approximate surface area is 114 Å². The molecule has 4 heteroatoms. The summed E-state index contributed by atoms with van der Waals surface area (Å²) in [6.45, 7) is 5.99. The lowest BCUT2D eigenvalue weighted by molar-refractivity contribution is -0.120. The van der Waals surface area contributed by atoms with E-state index in [1.807, 2.05) is 0 Å². The van der Waals surface area contributed by atoms with E-state index in [1.54, 1.807) is 24.3 Å². The molecule has 0 aliphatic carbocycles. The Kier molecular flexibility index (Phi) is 5.70. The number of anilines is 1. The molecule has 3 N–H and O–H groups in total. The number of hydrogen-bond donors (Lipinski definition) is 2. The van der Waals surface area contributed by atoms with Gasteiger partial charge in [-0.3, -0.25) is 9.59 Å². The van der Waals surface area contributed by atoms with Gasteiger partial charge in [-0.2, -0.15) is 0 Å². The topological polar surface area (TPSA) is 72.2 Å². The van der Waals surface area contributed by atoms with Gasteiger partial charge in [0.25, 0.3) is 0 Å². The molecule has 1 amide bonds. The fourth-order valence-corrected chi connectivity index (χ4v) is 1.91. The smallest absolute Gasteiger partial charge is 0.228 e. The number of carbonyl (C=O) groups excluding carboxylic acids is 2. The maximum atomic E-state index is 12.0. The van der Waals surface area contributed by atoms with Crippen molar-refractivity contribution in [2.75, 3.05) is 11.9 Å². The third kappa shape index (κ3) is 4.83. The third-order valence-corrected chi connectivity index (χ3v) is 2.97. The summed E-state index contributed by atoms with van der Waals surface area (Å²) >= 11 is 0. The van der Waals surface area contributed by atoms with E-state index in [0.717, 1.165) is 6.42 Å². The second-order valence-corrected chi connectivity index (χ2v) is 5.18. The number of benzene rings is 1. The van der Waals surface area contributed by atoms with Crippen molar-refractivity contribution in [2.24, 2.45) is 17.6 Å². The molecular formula is C15H22N2O2. The molecule has 0 aromatic heterocycles. The Hall–Kier alpha value is -1.68. The second kappa shape index (κ2) is 7.04. The SMILES string of the molecule is CC(=O)c1ccc(NC(=O)C(CN)CC(C)C)cc1. The van der Waals surface area contributed by atoms with Crippen molar-refractivity contribution in [3.63, 3.8) is 0 Å². The summed E-state index contributed by atoms with van der Waals surface area (Å²) in [5, 5.41) is 2.83. The number of amides is 1. The molecule has 104 valence electrons. The van der Waals surface area contributed by atoms with Gasteiger partial charge in [0.15, 0.2) is 5.78 Å². The van der Waals surface area contributed by atoms with Gasteiger partial charge >= 0.3 is 0 Å². The average molecular weight is 262 g/mol. The van der Waals surface area contributed by atoms with Crippen LogP contribution in [0.25, 0.3) is 0 Å². The highest BCUT2D eigenvalue weighted by Gasteiger charge is 2.18. The monoisotopic (exact) mass is 262 g/mol. The molecule has 0 fully saturated rings. The summed E-state index contributed by atoms with van der Waals surface area (Å²) in [7, 11) is 0. The molecule has 1 unspecified atom stereocenters. The van der Waals surface area contributed by atoms with Crippen molar-refractivity contribution < 1.29 is 9.59 Å². The highest BCUT2D eigenvalue weighted by atomic mass is 16.2. The molecule has 1 aromatic carbocycles. The fraction of sp³-hybridized carbons (Fsp3) is 0.467. The van der Waals surface area contributed by atoms with Crippen LogP contribution in [0.3, 0.4) is 0 Å². The van der Waals surface area contributed by atoms with Crippen LogP contribution in [0.15, 0.2) is 24.3 Å². The molecule has 0 heterocycles. The van der Waals surface area contributed by atoms with Crippen LogP contribution in [0.4, 0.5) is 5.69 Å². The summed E-state index contributed by atoms with van der Waals surface area (Å²) in [5.41, 5.74) is 6.96. The highest BCUT2D eigenvalue weighted by molar-refractivity contribution is 5.96. The Balaban J connectivity index is 2.67. The number of rotatable bonds is 6. The van der Waals surface area contributed by atoms with E-state index in [4.69, 9.17) is 5.73 Å². The first-order valence-corrected chi connectivity index (χ1v) is 6.56. The second-order valence-electron chi connectivity index (χ2n) is 5.18. The van der Waals surface area contributed by atoms with Gasteiger partial charge in [0.05, 0.1) is 5.92 Å². The summed E-state index contributed by atoms with van der Waals surface area (Å²) in [6.07, 6.45) is 0.772. The van der Waals surface area contributed by atoms with Crippen LogP contribution in [0.2, 0.25) is 0 Å². The lowest BCUT2D eigenvalue weighted by Crippen LogP contribution is -2.30.